The lowest BCUT2D eigenvalue weighted by molar-refractivity contribution is -0.113. The van der Waals surface area contributed by atoms with Crippen molar-refractivity contribution >= 4 is 34.7 Å². The number of rotatable bonds is 8. The zero-order valence-corrected chi connectivity index (χ0v) is 18.8. The number of aromatic nitrogens is 3. The molecule has 1 aliphatic heterocycles. The summed E-state index contributed by atoms with van der Waals surface area (Å²) in [6.07, 6.45) is 2.30. The molecule has 1 unspecified atom stereocenters. The number of amides is 1. The molecule has 6 nitrogen and oxygen atoms in total. The van der Waals surface area contributed by atoms with E-state index in [2.05, 4.69) is 40.0 Å². The highest BCUT2D eigenvalue weighted by molar-refractivity contribution is 7.99. The Hall–Kier alpha value is -2.16. The van der Waals surface area contributed by atoms with Crippen molar-refractivity contribution in [2.24, 2.45) is 0 Å². The van der Waals surface area contributed by atoms with Crippen LogP contribution in [-0.4, -0.2) is 39.1 Å². The molecule has 1 aromatic carbocycles. The van der Waals surface area contributed by atoms with Gasteiger partial charge < -0.3 is 10.1 Å². The smallest absolute Gasteiger partial charge is 0.234 e. The highest BCUT2D eigenvalue weighted by Crippen LogP contribution is 2.29. The van der Waals surface area contributed by atoms with Gasteiger partial charge in [-0.3, -0.25) is 9.36 Å². The molecule has 3 aromatic rings. The van der Waals surface area contributed by atoms with Crippen molar-refractivity contribution in [3.8, 4) is 10.7 Å². The van der Waals surface area contributed by atoms with Crippen molar-refractivity contribution in [2.45, 2.75) is 50.4 Å². The highest BCUT2D eigenvalue weighted by Gasteiger charge is 2.22. The van der Waals surface area contributed by atoms with E-state index in [0.29, 0.717) is 12.5 Å². The quantitative estimate of drug-likeness (QED) is 0.495. The number of thioether (sulfide) groups is 1. The van der Waals surface area contributed by atoms with Crippen LogP contribution in [0.4, 0.5) is 5.69 Å². The number of benzene rings is 1. The van der Waals surface area contributed by atoms with E-state index in [9.17, 15) is 4.79 Å². The molecule has 0 aliphatic carbocycles. The van der Waals surface area contributed by atoms with Crippen LogP contribution in [0.25, 0.3) is 10.7 Å². The fraction of sp³-hybridized carbons (Fsp3) is 0.409. The van der Waals surface area contributed by atoms with Gasteiger partial charge in [0.25, 0.3) is 0 Å². The zero-order valence-electron chi connectivity index (χ0n) is 17.2. The minimum atomic E-state index is -0.0507. The number of anilines is 1. The molecule has 1 atom stereocenters. The average Bonchev–Trinajstić information content (AvgIpc) is 3.49. The van der Waals surface area contributed by atoms with Gasteiger partial charge in [-0.05, 0) is 47.9 Å². The first-order valence-electron chi connectivity index (χ1n) is 10.2. The fourth-order valence-corrected chi connectivity index (χ4v) is 4.91. The normalized spacial score (nSPS) is 16.3. The molecule has 2 aromatic heterocycles. The fourth-order valence-electron chi connectivity index (χ4n) is 3.44. The van der Waals surface area contributed by atoms with Crippen LogP contribution in [0.2, 0.25) is 0 Å². The molecule has 1 amide bonds. The van der Waals surface area contributed by atoms with E-state index in [1.807, 2.05) is 35.7 Å². The van der Waals surface area contributed by atoms with Gasteiger partial charge in [0.2, 0.25) is 5.91 Å². The van der Waals surface area contributed by atoms with Crippen LogP contribution in [0.3, 0.4) is 0 Å². The van der Waals surface area contributed by atoms with Gasteiger partial charge in [-0.25, -0.2) is 0 Å². The SMILES string of the molecule is CC(C)c1cccc(NC(=O)CSc2nnc(-c3cccs3)n2CC2CCCO2)c1. The standard InChI is InChI=1S/C22H26N4O2S2/c1-15(2)16-6-3-7-17(12-16)23-20(27)14-30-22-25-24-21(19-9-5-11-29-19)26(22)13-18-8-4-10-28-18/h3,5-7,9,11-12,15,18H,4,8,10,13-14H2,1-2H3,(H,23,27). The van der Waals surface area contributed by atoms with Crippen LogP contribution in [0.5, 0.6) is 0 Å². The number of hydrogen-bond acceptors (Lipinski definition) is 6. The van der Waals surface area contributed by atoms with Crippen LogP contribution in [0, 0.1) is 0 Å². The number of nitrogens with one attached hydrogen (secondary N) is 1. The van der Waals surface area contributed by atoms with E-state index in [-0.39, 0.29) is 17.8 Å². The van der Waals surface area contributed by atoms with Gasteiger partial charge in [0.15, 0.2) is 11.0 Å². The van der Waals surface area contributed by atoms with E-state index in [0.717, 1.165) is 41.0 Å². The number of ether oxygens (including phenoxy) is 1. The third-order valence-electron chi connectivity index (χ3n) is 5.04. The summed E-state index contributed by atoms with van der Waals surface area (Å²) in [5, 5.41) is 14.6. The first kappa shape index (κ1) is 21.1. The van der Waals surface area contributed by atoms with Crippen molar-refractivity contribution in [1.82, 2.24) is 14.8 Å². The Morgan fingerprint density at radius 1 is 1.33 bits per heavy atom. The number of nitrogens with zero attached hydrogens (tertiary/aromatic N) is 3. The first-order chi connectivity index (χ1) is 14.6. The topological polar surface area (TPSA) is 69.0 Å². The zero-order chi connectivity index (χ0) is 20.9. The third kappa shape index (κ3) is 5.11. The molecule has 0 saturated carbocycles. The van der Waals surface area contributed by atoms with E-state index in [4.69, 9.17) is 4.74 Å². The molecule has 4 rings (SSSR count). The lowest BCUT2D eigenvalue weighted by Crippen LogP contribution is -2.18. The molecule has 3 heterocycles. The van der Waals surface area contributed by atoms with Crippen molar-refractivity contribution in [3.63, 3.8) is 0 Å². The average molecular weight is 443 g/mol. The Kier molecular flexibility index (Phi) is 6.86. The number of carbonyl (C=O) groups is 1. The van der Waals surface area contributed by atoms with Crippen molar-refractivity contribution in [3.05, 3.63) is 47.3 Å². The van der Waals surface area contributed by atoms with Crippen molar-refractivity contribution in [2.75, 3.05) is 17.7 Å². The molecular formula is C22H26N4O2S2. The molecular weight excluding hydrogens is 416 g/mol. The Labute approximate surface area is 185 Å². The summed E-state index contributed by atoms with van der Waals surface area (Å²) in [5.74, 6) is 1.49. The molecule has 8 heteroatoms. The maximum Gasteiger partial charge on any atom is 0.234 e. The van der Waals surface area contributed by atoms with E-state index in [1.54, 1.807) is 11.3 Å². The van der Waals surface area contributed by atoms with E-state index < -0.39 is 0 Å². The molecule has 1 aliphatic rings. The summed E-state index contributed by atoms with van der Waals surface area (Å²) in [6.45, 7) is 5.80. The third-order valence-corrected chi connectivity index (χ3v) is 6.87. The molecule has 1 N–H and O–H groups in total. The summed E-state index contributed by atoms with van der Waals surface area (Å²) in [6, 6.07) is 12.1. The summed E-state index contributed by atoms with van der Waals surface area (Å²) >= 11 is 3.05. The lowest BCUT2D eigenvalue weighted by atomic mass is 10.0. The van der Waals surface area contributed by atoms with Gasteiger partial charge in [-0.1, -0.05) is 43.8 Å². The highest BCUT2D eigenvalue weighted by atomic mass is 32.2. The molecule has 0 spiro atoms. The number of thiophene rings is 1. The summed E-state index contributed by atoms with van der Waals surface area (Å²) < 4.78 is 7.92. The minimum Gasteiger partial charge on any atom is -0.376 e. The van der Waals surface area contributed by atoms with Gasteiger partial charge in [0.05, 0.1) is 23.3 Å². The second kappa shape index (κ2) is 9.76. The molecule has 0 radical (unpaired) electrons. The minimum absolute atomic E-state index is 0.0507. The second-order valence-corrected chi connectivity index (χ2v) is 9.54. The van der Waals surface area contributed by atoms with Gasteiger partial charge in [-0.2, -0.15) is 0 Å². The molecule has 1 saturated heterocycles. The molecule has 158 valence electrons. The molecule has 0 bridgehead atoms. The predicted octanol–water partition coefficient (Wildman–Crippen LogP) is 5.04. The van der Waals surface area contributed by atoms with Crippen molar-refractivity contribution < 1.29 is 9.53 Å². The number of carbonyl (C=O) groups excluding carboxylic acids is 1. The largest absolute Gasteiger partial charge is 0.376 e. The Morgan fingerprint density at radius 3 is 2.97 bits per heavy atom. The van der Waals surface area contributed by atoms with E-state index >= 15 is 0 Å². The van der Waals surface area contributed by atoms with Crippen LogP contribution in [0.1, 0.15) is 38.2 Å². The maximum absolute atomic E-state index is 12.5. The van der Waals surface area contributed by atoms with Crippen LogP contribution in [0.15, 0.2) is 46.9 Å². The van der Waals surface area contributed by atoms with Crippen molar-refractivity contribution in [1.29, 1.82) is 0 Å². The van der Waals surface area contributed by atoms with Crippen LogP contribution < -0.4 is 5.32 Å². The molecule has 1 fully saturated rings. The molecule has 30 heavy (non-hydrogen) atoms. The summed E-state index contributed by atoms with van der Waals surface area (Å²) in [4.78, 5) is 13.6. The van der Waals surface area contributed by atoms with E-state index in [1.165, 1.54) is 17.3 Å². The monoisotopic (exact) mass is 442 g/mol. The Morgan fingerprint density at radius 2 is 2.23 bits per heavy atom. The summed E-state index contributed by atoms with van der Waals surface area (Å²) in [5.41, 5.74) is 2.03. The van der Waals surface area contributed by atoms with Crippen LogP contribution >= 0.6 is 23.1 Å². The van der Waals surface area contributed by atoms with Gasteiger partial charge in [0, 0.05) is 12.3 Å². The maximum atomic E-state index is 12.5. The lowest BCUT2D eigenvalue weighted by Gasteiger charge is -2.14. The second-order valence-electron chi connectivity index (χ2n) is 7.65. The Balaban J connectivity index is 1.44. The first-order valence-corrected chi connectivity index (χ1v) is 12.1. The Bertz CT molecular complexity index is 979. The van der Waals surface area contributed by atoms with Gasteiger partial charge >= 0.3 is 0 Å². The summed E-state index contributed by atoms with van der Waals surface area (Å²) in [7, 11) is 0. The van der Waals surface area contributed by atoms with Crippen LogP contribution in [-0.2, 0) is 16.1 Å². The van der Waals surface area contributed by atoms with Gasteiger partial charge in [0.1, 0.15) is 0 Å². The predicted molar refractivity (Wildman–Crippen MR) is 122 cm³/mol. The van der Waals surface area contributed by atoms with Gasteiger partial charge in [-0.15, -0.1) is 21.5 Å². The number of hydrogen-bond donors (Lipinski definition) is 1.